The first kappa shape index (κ1) is 30.1. The first-order valence-electron chi connectivity index (χ1n) is 14.5. The maximum atomic E-state index is 13.9. The number of nitrogens with zero attached hydrogens (tertiary/aromatic N) is 3. The van der Waals surface area contributed by atoms with Crippen LogP contribution in [-0.2, 0) is 10.2 Å². The van der Waals surface area contributed by atoms with E-state index in [0.29, 0.717) is 17.6 Å². The van der Waals surface area contributed by atoms with Gasteiger partial charge in [-0.2, -0.15) is 0 Å². The number of thioether (sulfide) groups is 1. The molecule has 1 atom stereocenters. The zero-order chi connectivity index (χ0) is 30.6. The van der Waals surface area contributed by atoms with E-state index in [2.05, 4.69) is 60.6 Å². The molecule has 1 aromatic heterocycles. The third-order valence-electron chi connectivity index (χ3n) is 7.26. The summed E-state index contributed by atoms with van der Waals surface area (Å²) in [5.41, 5.74) is 6.88. The number of ether oxygens (including phenoxy) is 1. The van der Waals surface area contributed by atoms with Crippen LogP contribution in [0.2, 0.25) is 0 Å². The van der Waals surface area contributed by atoms with Gasteiger partial charge >= 0.3 is 0 Å². The van der Waals surface area contributed by atoms with E-state index in [-0.39, 0.29) is 11.3 Å². The number of aromatic nitrogens is 3. The summed E-state index contributed by atoms with van der Waals surface area (Å²) in [6, 6.07) is 32.2. The standard InChI is InChI=1S/C36H38N4O2S/c1-7-42-30-21-19-29(20-22-30)40-33(27-15-17-28(18-16-27)36(4,5)6)38-39-35(40)43-32(26-11-9-8-10-12-26)34(41)37-31-23-24(2)13-14-25(31)3/h8-23,32H,7H2,1-6H3,(H,37,41)/t32-/m1/s1. The average Bonchev–Trinajstić information content (AvgIpc) is 3.42. The minimum Gasteiger partial charge on any atom is -0.494 e. The van der Waals surface area contributed by atoms with Crippen molar-refractivity contribution in [3.63, 3.8) is 0 Å². The van der Waals surface area contributed by atoms with Gasteiger partial charge in [-0.25, -0.2) is 0 Å². The average molecular weight is 591 g/mol. The van der Waals surface area contributed by atoms with E-state index < -0.39 is 5.25 Å². The zero-order valence-electron chi connectivity index (χ0n) is 25.6. The fraction of sp³-hybridized carbons (Fsp3) is 0.250. The maximum absolute atomic E-state index is 13.9. The molecule has 5 rings (SSSR count). The molecule has 1 amide bonds. The maximum Gasteiger partial charge on any atom is 0.242 e. The number of nitrogens with one attached hydrogen (secondary N) is 1. The summed E-state index contributed by atoms with van der Waals surface area (Å²) in [6.07, 6.45) is 0. The van der Waals surface area contributed by atoms with Gasteiger partial charge in [-0.3, -0.25) is 9.36 Å². The first-order chi connectivity index (χ1) is 20.6. The molecule has 6 nitrogen and oxygen atoms in total. The molecule has 7 heteroatoms. The van der Waals surface area contributed by atoms with Crippen LogP contribution < -0.4 is 10.1 Å². The van der Waals surface area contributed by atoms with Crippen molar-refractivity contribution in [2.45, 2.75) is 57.4 Å². The van der Waals surface area contributed by atoms with E-state index in [1.54, 1.807) is 0 Å². The number of benzene rings is 4. The van der Waals surface area contributed by atoms with Crippen LogP contribution in [0, 0.1) is 13.8 Å². The van der Waals surface area contributed by atoms with Crippen LogP contribution in [0.15, 0.2) is 102 Å². The quantitative estimate of drug-likeness (QED) is 0.174. The van der Waals surface area contributed by atoms with E-state index in [0.717, 1.165) is 39.4 Å². The SMILES string of the molecule is CCOc1ccc(-n2c(S[C@@H](C(=O)Nc3cc(C)ccc3C)c3ccccc3)nnc2-c2ccc(C(C)(C)C)cc2)cc1. The number of carbonyl (C=O) groups is 1. The highest BCUT2D eigenvalue weighted by Crippen LogP contribution is 2.39. The molecule has 1 N–H and O–H groups in total. The van der Waals surface area contributed by atoms with Crippen LogP contribution in [0.25, 0.3) is 17.1 Å². The molecule has 0 radical (unpaired) electrons. The highest BCUT2D eigenvalue weighted by Gasteiger charge is 2.27. The lowest BCUT2D eigenvalue weighted by Gasteiger charge is -2.20. The number of anilines is 1. The number of hydrogen-bond acceptors (Lipinski definition) is 5. The second-order valence-corrected chi connectivity index (χ2v) is 12.7. The minimum absolute atomic E-state index is 0.0360. The molecule has 0 saturated carbocycles. The number of carbonyl (C=O) groups excluding carboxylic acids is 1. The van der Waals surface area contributed by atoms with Crippen LogP contribution >= 0.6 is 11.8 Å². The van der Waals surface area contributed by atoms with Gasteiger partial charge in [0.1, 0.15) is 11.0 Å². The third kappa shape index (κ3) is 7.00. The molecular weight excluding hydrogens is 552 g/mol. The van der Waals surface area contributed by atoms with Gasteiger partial charge < -0.3 is 10.1 Å². The predicted molar refractivity (Wildman–Crippen MR) is 176 cm³/mol. The Hall–Kier alpha value is -4.36. The lowest BCUT2D eigenvalue weighted by Crippen LogP contribution is -2.20. The molecule has 4 aromatic carbocycles. The number of rotatable bonds is 9. The Bertz CT molecular complexity index is 1690. The van der Waals surface area contributed by atoms with E-state index in [4.69, 9.17) is 4.74 Å². The largest absolute Gasteiger partial charge is 0.494 e. The minimum atomic E-state index is -0.567. The van der Waals surface area contributed by atoms with Gasteiger partial charge in [0.15, 0.2) is 11.0 Å². The topological polar surface area (TPSA) is 69.0 Å². The Morgan fingerprint density at radius 3 is 2.26 bits per heavy atom. The fourth-order valence-corrected chi connectivity index (χ4v) is 5.87. The van der Waals surface area contributed by atoms with Crippen molar-refractivity contribution in [1.29, 1.82) is 0 Å². The summed E-state index contributed by atoms with van der Waals surface area (Å²) in [4.78, 5) is 13.9. The molecule has 0 bridgehead atoms. The Labute approximate surface area is 258 Å². The van der Waals surface area contributed by atoms with E-state index in [9.17, 15) is 4.79 Å². The van der Waals surface area contributed by atoms with Crippen molar-refractivity contribution in [1.82, 2.24) is 14.8 Å². The van der Waals surface area contributed by atoms with Crippen molar-refractivity contribution in [2.75, 3.05) is 11.9 Å². The predicted octanol–water partition coefficient (Wildman–Crippen LogP) is 8.72. The van der Waals surface area contributed by atoms with Crippen molar-refractivity contribution < 1.29 is 9.53 Å². The monoisotopic (exact) mass is 590 g/mol. The second-order valence-electron chi connectivity index (χ2n) is 11.6. The normalized spacial score (nSPS) is 12.1. The highest BCUT2D eigenvalue weighted by atomic mass is 32.2. The van der Waals surface area contributed by atoms with Crippen molar-refractivity contribution in [3.8, 4) is 22.8 Å². The molecule has 0 aliphatic rings. The number of hydrogen-bond donors (Lipinski definition) is 1. The first-order valence-corrected chi connectivity index (χ1v) is 15.4. The van der Waals surface area contributed by atoms with E-state index >= 15 is 0 Å². The Kier molecular flexibility index (Phi) is 9.02. The lowest BCUT2D eigenvalue weighted by atomic mass is 9.87. The molecular formula is C36H38N4O2S. The Morgan fingerprint density at radius 1 is 0.907 bits per heavy atom. The molecule has 0 spiro atoms. The molecule has 5 aromatic rings. The summed E-state index contributed by atoms with van der Waals surface area (Å²) < 4.78 is 7.72. The van der Waals surface area contributed by atoms with Gasteiger partial charge in [0.25, 0.3) is 0 Å². The molecule has 0 aliphatic heterocycles. The van der Waals surface area contributed by atoms with E-state index in [1.165, 1.54) is 17.3 Å². The lowest BCUT2D eigenvalue weighted by molar-refractivity contribution is -0.115. The van der Waals surface area contributed by atoms with Gasteiger partial charge in [0.05, 0.1) is 6.61 Å². The molecule has 0 fully saturated rings. The van der Waals surface area contributed by atoms with Gasteiger partial charge in [0.2, 0.25) is 5.91 Å². The highest BCUT2D eigenvalue weighted by molar-refractivity contribution is 8.00. The third-order valence-corrected chi connectivity index (χ3v) is 8.46. The van der Waals surface area contributed by atoms with Crippen LogP contribution in [0.1, 0.15) is 55.2 Å². The summed E-state index contributed by atoms with van der Waals surface area (Å²) >= 11 is 1.38. The van der Waals surface area contributed by atoms with Gasteiger partial charge in [-0.1, -0.05) is 99.3 Å². The van der Waals surface area contributed by atoms with Crippen LogP contribution in [-0.4, -0.2) is 27.3 Å². The van der Waals surface area contributed by atoms with Crippen molar-refractivity contribution in [3.05, 3.63) is 119 Å². The molecule has 220 valence electrons. The summed E-state index contributed by atoms with van der Waals surface area (Å²) in [7, 11) is 0. The Balaban J connectivity index is 1.58. The summed E-state index contributed by atoms with van der Waals surface area (Å²) in [5.74, 6) is 1.37. The summed E-state index contributed by atoms with van der Waals surface area (Å²) in [6.45, 7) is 13.2. The van der Waals surface area contributed by atoms with Crippen molar-refractivity contribution >= 4 is 23.4 Å². The second kappa shape index (κ2) is 12.9. The molecule has 43 heavy (non-hydrogen) atoms. The molecule has 0 saturated heterocycles. The van der Waals surface area contributed by atoms with Crippen LogP contribution in [0.5, 0.6) is 5.75 Å². The van der Waals surface area contributed by atoms with Gasteiger partial charge in [-0.15, -0.1) is 10.2 Å². The van der Waals surface area contributed by atoms with Crippen LogP contribution in [0.3, 0.4) is 0 Å². The molecule has 0 aliphatic carbocycles. The number of amides is 1. The Morgan fingerprint density at radius 2 is 1.60 bits per heavy atom. The fourth-order valence-electron chi connectivity index (χ4n) is 4.82. The van der Waals surface area contributed by atoms with Gasteiger partial charge in [0, 0.05) is 16.9 Å². The smallest absolute Gasteiger partial charge is 0.242 e. The zero-order valence-corrected chi connectivity index (χ0v) is 26.4. The molecule has 0 unspecified atom stereocenters. The van der Waals surface area contributed by atoms with E-state index in [1.807, 2.05) is 98.1 Å². The molecule has 1 heterocycles. The summed E-state index contributed by atoms with van der Waals surface area (Å²) in [5, 5.41) is 12.5. The van der Waals surface area contributed by atoms with Gasteiger partial charge in [-0.05, 0) is 78.8 Å². The van der Waals surface area contributed by atoms with Crippen LogP contribution in [0.4, 0.5) is 5.69 Å². The number of aryl methyl sites for hydroxylation is 2. The van der Waals surface area contributed by atoms with Crippen molar-refractivity contribution in [2.24, 2.45) is 0 Å².